The fourth-order valence-electron chi connectivity index (χ4n) is 4.24. The van der Waals surface area contributed by atoms with Gasteiger partial charge in [-0.25, -0.2) is 4.79 Å². The lowest BCUT2D eigenvalue weighted by atomic mass is 10.1. The Kier molecular flexibility index (Phi) is 8.11. The molecule has 8 nitrogen and oxygen atoms in total. The van der Waals surface area contributed by atoms with Crippen LogP contribution >= 0.6 is 22.9 Å². The number of hydrogen-bond acceptors (Lipinski definition) is 7. The fourth-order valence-corrected chi connectivity index (χ4v) is 5.23. The minimum atomic E-state index is -1.05. The van der Waals surface area contributed by atoms with Crippen molar-refractivity contribution in [3.63, 3.8) is 0 Å². The summed E-state index contributed by atoms with van der Waals surface area (Å²) in [6.07, 6.45) is 2.36. The average molecular weight is 526 g/mol. The number of nitrogens with zero attached hydrogens (tertiary/aromatic N) is 4. The van der Waals surface area contributed by atoms with Gasteiger partial charge in [0.25, 0.3) is 0 Å². The Bertz CT molecular complexity index is 1390. The van der Waals surface area contributed by atoms with Crippen LogP contribution in [0.2, 0.25) is 4.34 Å². The highest BCUT2D eigenvalue weighted by atomic mass is 35.5. The van der Waals surface area contributed by atoms with E-state index in [2.05, 4.69) is 30.0 Å². The third kappa shape index (κ3) is 5.97. The van der Waals surface area contributed by atoms with Gasteiger partial charge < -0.3 is 24.8 Å². The molecule has 36 heavy (non-hydrogen) atoms. The summed E-state index contributed by atoms with van der Waals surface area (Å²) in [7, 11) is 0. The van der Waals surface area contributed by atoms with Crippen LogP contribution in [0.15, 0.2) is 47.0 Å². The highest BCUT2D eigenvalue weighted by Gasteiger charge is 2.18. The Hall–Kier alpha value is -3.16. The number of carbonyl (C=O) groups is 1. The first kappa shape index (κ1) is 25.9. The molecule has 10 heteroatoms. The van der Waals surface area contributed by atoms with Crippen molar-refractivity contribution in [3.05, 3.63) is 63.8 Å². The van der Waals surface area contributed by atoms with E-state index in [1.165, 1.54) is 37.3 Å². The van der Waals surface area contributed by atoms with Gasteiger partial charge in [-0.05, 0) is 76.2 Å². The van der Waals surface area contributed by atoms with Crippen molar-refractivity contribution in [2.24, 2.45) is 5.73 Å². The molecule has 0 saturated carbocycles. The summed E-state index contributed by atoms with van der Waals surface area (Å²) in [4.78, 5) is 15.0. The normalized spacial score (nSPS) is 14.6. The number of piperidine rings is 1. The first-order valence-corrected chi connectivity index (χ1v) is 12.9. The summed E-state index contributed by atoms with van der Waals surface area (Å²) >= 11 is 7.32. The lowest BCUT2D eigenvalue weighted by Gasteiger charge is -2.32. The molecule has 0 bridgehead atoms. The highest BCUT2D eigenvalue weighted by Crippen LogP contribution is 2.32. The maximum Gasteiger partial charge on any atom is 0.352 e. The summed E-state index contributed by atoms with van der Waals surface area (Å²) < 4.78 is 7.65. The number of halogens is 1. The Balaban J connectivity index is 0.000000256. The van der Waals surface area contributed by atoms with Crippen LogP contribution in [0.1, 0.15) is 48.4 Å². The van der Waals surface area contributed by atoms with Crippen LogP contribution in [0.5, 0.6) is 0 Å². The predicted octanol–water partition coefficient (Wildman–Crippen LogP) is 5.45. The molecule has 0 unspecified atom stereocenters. The smallest absolute Gasteiger partial charge is 0.352 e. The van der Waals surface area contributed by atoms with Gasteiger partial charge in [0.1, 0.15) is 11.4 Å². The summed E-state index contributed by atoms with van der Waals surface area (Å²) in [6, 6.07) is 15.2. The topological polar surface area (TPSA) is 121 Å². The maximum absolute atomic E-state index is 11.6. The fraction of sp³-hybridized carbons (Fsp3) is 0.346. The molecule has 1 aliphatic rings. The summed E-state index contributed by atoms with van der Waals surface area (Å²) in [5.41, 5.74) is 7.68. The lowest BCUT2D eigenvalue weighted by molar-refractivity contribution is 0.0686. The molecule has 1 fully saturated rings. The van der Waals surface area contributed by atoms with E-state index >= 15 is 0 Å². The molecule has 4 heterocycles. The number of benzene rings is 1. The quantitative estimate of drug-likeness (QED) is 0.355. The molecule has 188 valence electrons. The molecule has 1 saturated heterocycles. The molecule has 0 spiro atoms. The van der Waals surface area contributed by atoms with Crippen LogP contribution in [-0.2, 0) is 6.54 Å². The molecule has 1 aromatic carbocycles. The van der Waals surface area contributed by atoms with Crippen molar-refractivity contribution >= 4 is 39.8 Å². The molecule has 0 aliphatic carbocycles. The molecule has 3 aromatic heterocycles. The second-order valence-electron chi connectivity index (χ2n) is 9.06. The Labute approximate surface area is 218 Å². The number of likely N-dealkylation sites (tertiary alicyclic amines) is 1. The first-order valence-electron chi connectivity index (χ1n) is 11.7. The van der Waals surface area contributed by atoms with Crippen molar-refractivity contribution in [1.82, 2.24) is 14.6 Å². The van der Waals surface area contributed by atoms with Gasteiger partial charge in [0.15, 0.2) is 5.76 Å². The van der Waals surface area contributed by atoms with Gasteiger partial charge in [0.05, 0.1) is 27.4 Å². The number of carboxylic acids is 1. The number of carboxylic acid groups (broad SMARTS) is 1. The van der Waals surface area contributed by atoms with Gasteiger partial charge in [0, 0.05) is 29.1 Å². The van der Waals surface area contributed by atoms with E-state index in [-0.39, 0.29) is 12.2 Å². The zero-order valence-corrected chi connectivity index (χ0v) is 21.7. The lowest BCUT2D eigenvalue weighted by Crippen LogP contribution is -2.42. The maximum atomic E-state index is 11.6. The van der Waals surface area contributed by atoms with E-state index in [1.807, 2.05) is 6.07 Å². The van der Waals surface area contributed by atoms with E-state index in [0.29, 0.717) is 44.3 Å². The SMILES string of the molecule is CC(C)N1CCC(N)CC1.N#Cc1ccc2c(c1)cc(C(=O)O)n2Cc1cc(-c2ccc(Cl)s2)on1. The summed E-state index contributed by atoms with van der Waals surface area (Å²) in [5.74, 6) is -0.467. The number of rotatable bonds is 5. The van der Waals surface area contributed by atoms with Crippen molar-refractivity contribution < 1.29 is 14.4 Å². The Morgan fingerprint density at radius 3 is 2.64 bits per heavy atom. The molecular formula is C26H28ClN5O3S. The van der Waals surface area contributed by atoms with Crippen LogP contribution in [0.3, 0.4) is 0 Å². The van der Waals surface area contributed by atoms with Crippen LogP contribution < -0.4 is 5.73 Å². The second-order valence-corrected chi connectivity index (χ2v) is 10.8. The van der Waals surface area contributed by atoms with Crippen molar-refractivity contribution in [2.45, 2.75) is 45.3 Å². The van der Waals surface area contributed by atoms with Crippen LogP contribution in [0.25, 0.3) is 21.5 Å². The average Bonchev–Trinajstić information content (AvgIpc) is 3.58. The van der Waals surface area contributed by atoms with Crippen LogP contribution in [0.4, 0.5) is 0 Å². The first-order chi connectivity index (χ1) is 17.2. The van der Waals surface area contributed by atoms with Gasteiger partial charge in [-0.3, -0.25) is 0 Å². The van der Waals surface area contributed by atoms with Crippen LogP contribution in [0, 0.1) is 11.3 Å². The molecule has 5 rings (SSSR count). The number of aromatic nitrogens is 2. The van der Waals surface area contributed by atoms with E-state index in [9.17, 15) is 9.90 Å². The standard InChI is InChI=1S/C18H10ClN3O3S.C8H18N2/c19-17-4-3-16(26-17)15-7-12(21-25-15)9-22-13-2-1-10(8-20)5-11(13)6-14(22)18(23)24;1-7(2)10-5-3-8(9)4-6-10/h1-7H,9H2,(H,23,24);7-8H,3-6,9H2,1-2H3. The van der Waals surface area contributed by atoms with Gasteiger partial charge in [-0.1, -0.05) is 16.8 Å². The van der Waals surface area contributed by atoms with Gasteiger partial charge in [-0.15, -0.1) is 11.3 Å². The van der Waals surface area contributed by atoms with Crippen molar-refractivity contribution in [1.29, 1.82) is 5.26 Å². The van der Waals surface area contributed by atoms with Gasteiger partial charge in [-0.2, -0.15) is 5.26 Å². The molecular weight excluding hydrogens is 498 g/mol. The number of aromatic carboxylic acids is 1. The number of nitrogens with two attached hydrogens (primary N) is 1. The third-order valence-corrected chi connectivity index (χ3v) is 7.49. The second kappa shape index (κ2) is 11.3. The largest absolute Gasteiger partial charge is 0.477 e. The van der Waals surface area contributed by atoms with Crippen LogP contribution in [-0.4, -0.2) is 50.9 Å². The van der Waals surface area contributed by atoms with E-state index in [0.717, 1.165) is 4.88 Å². The molecule has 0 atom stereocenters. The Morgan fingerprint density at radius 2 is 2.03 bits per heavy atom. The monoisotopic (exact) mass is 525 g/mol. The predicted molar refractivity (Wildman–Crippen MR) is 141 cm³/mol. The zero-order chi connectivity index (χ0) is 25.8. The third-order valence-electron chi connectivity index (χ3n) is 6.25. The van der Waals surface area contributed by atoms with Gasteiger partial charge >= 0.3 is 5.97 Å². The molecule has 3 N–H and O–H groups in total. The molecule has 0 amide bonds. The van der Waals surface area contributed by atoms with Crippen molar-refractivity contribution in [2.75, 3.05) is 13.1 Å². The van der Waals surface area contributed by atoms with E-state index in [4.69, 9.17) is 27.1 Å². The number of fused-ring (bicyclic) bond motifs is 1. The number of nitriles is 1. The van der Waals surface area contributed by atoms with Gasteiger partial charge in [0.2, 0.25) is 0 Å². The summed E-state index contributed by atoms with van der Waals surface area (Å²) in [5, 5.41) is 23.3. The van der Waals surface area contributed by atoms with E-state index in [1.54, 1.807) is 41.0 Å². The molecule has 0 radical (unpaired) electrons. The number of thiophene rings is 1. The highest BCUT2D eigenvalue weighted by molar-refractivity contribution is 7.19. The summed E-state index contributed by atoms with van der Waals surface area (Å²) in [6.45, 7) is 7.12. The zero-order valence-electron chi connectivity index (χ0n) is 20.1. The molecule has 4 aromatic rings. The minimum Gasteiger partial charge on any atom is -0.477 e. The molecule has 1 aliphatic heterocycles. The number of hydrogen-bond donors (Lipinski definition) is 2. The van der Waals surface area contributed by atoms with E-state index < -0.39 is 5.97 Å². The van der Waals surface area contributed by atoms with Crippen molar-refractivity contribution in [3.8, 4) is 16.7 Å². The Morgan fingerprint density at radius 1 is 1.28 bits per heavy atom. The minimum absolute atomic E-state index is 0.124.